The third kappa shape index (κ3) is 3.41. The number of nitrogens with two attached hydrogens (primary N) is 1. The maximum Gasteiger partial charge on any atom is 0.255 e. The molecule has 1 saturated carbocycles. The summed E-state index contributed by atoms with van der Waals surface area (Å²) in [5.41, 5.74) is 10.4. The molecule has 2 heterocycles. The van der Waals surface area contributed by atoms with Gasteiger partial charge in [0.25, 0.3) is 5.91 Å². The Kier molecular flexibility index (Phi) is 4.38. The highest BCUT2D eigenvalue weighted by Gasteiger charge is 2.39. The van der Waals surface area contributed by atoms with Crippen LogP contribution in [0, 0.1) is 11.3 Å². The maximum atomic E-state index is 12.8. The molecule has 1 aliphatic carbocycles. The Bertz CT molecular complexity index is 814. The highest BCUT2D eigenvalue weighted by atomic mass is 16.2. The molecule has 2 aliphatic heterocycles. The van der Waals surface area contributed by atoms with Gasteiger partial charge in [0.05, 0.1) is 0 Å². The summed E-state index contributed by atoms with van der Waals surface area (Å²) >= 11 is 0. The molecule has 0 aromatic heterocycles. The van der Waals surface area contributed by atoms with Crippen molar-refractivity contribution < 1.29 is 9.59 Å². The zero-order chi connectivity index (χ0) is 19.3. The summed E-state index contributed by atoms with van der Waals surface area (Å²) in [6.45, 7) is 8.90. The summed E-state index contributed by atoms with van der Waals surface area (Å²) in [4.78, 5) is 26.8. The zero-order valence-electron chi connectivity index (χ0n) is 16.3. The number of nitrogens with zero attached hydrogens (tertiary/aromatic N) is 1. The van der Waals surface area contributed by atoms with Crippen LogP contribution < -0.4 is 11.1 Å². The molecule has 1 aromatic rings. The third-order valence-electron chi connectivity index (χ3n) is 6.41. The van der Waals surface area contributed by atoms with E-state index in [-0.39, 0.29) is 17.9 Å². The topological polar surface area (TPSA) is 75.4 Å². The summed E-state index contributed by atoms with van der Waals surface area (Å²) in [6, 6.07) is 5.97. The van der Waals surface area contributed by atoms with Gasteiger partial charge in [-0.3, -0.25) is 9.59 Å². The predicted molar refractivity (Wildman–Crippen MR) is 105 cm³/mol. The molecule has 144 valence electrons. The fourth-order valence-corrected chi connectivity index (χ4v) is 5.11. The Hall–Kier alpha value is -2.14. The van der Waals surface area contributed by atoms with Gasteiger partial charge in [-0.15, -0.1) is 0 Å². The molecule has 0 spiro atoms. The number of carbonyl (C=O) groups excluding carboxylic acids is 2. The van der Waals surface area contributed by atoms with E-state index in [0.29, 0.717) is 24.3 Å². The first-order valence-electron chi connectivity index (χ1n) is 9.90. The van der Waals surface area contributed by atoms with Crippen LogP contribution in [0.4, 0.5) is 0 Å². The number of amides is 2. The number of fused-ring (bicyclic) bond motifs is 1. The SMILES string of the molecule is C=C1CCC(N2Cc3cc(C[C@@H]4CC(C)(C)C[C@H]4N)ccc3C2=O)C(=O)N1. The van der Waals surface area contributed by atoms with Crippen molar-refractivity contribution in [3.05, 3.63) is 47.2 Å². The number of allylic oxidation sites excluding steroid dienone is 1. The second-order valence-corrected chi connectivity index (χ2v) is 9.27. The van der Waals surface area contributed by atoms with Crippen molar-refractivity contribution >= 4 is 11.8 Å². The van der Waals surface area contributed by atoms with Crippen LogP contribution in [0.5, 0.6) is 0 Å². The van der Waals surface area contributed by atoms with Crippen molar-refractivity contribution in [2.75, 3.05) is 0 Å². The Labute approximate surface area is 161 Å². The largest absolute Gasteiger partial charge is 0.329 e. The maximum absolute atomic E-state index is 12.8. The zero-order valence-corrected chi connectivity index (χ0v) is 16.3. The Morgan fingerprint density at radius 3 is 2.74 bits per heavy atom. The molecule has 2 amide bonds. The molecule has 5 heteroatoms. The lowest BCUT2D eigenvalue weighted by Gasteiger charge is -2.30. The van der Waals surface area contributed by atoms with Gasteiger partial charge in [0.15, 0.2) is 0 Å². The number of piperidine rings is 1. The number of carbonyl (C=O) groups is 2. The van der Waals surface area contributed by atoms with Crippen LogP contribution in [0.25, 0.3) is 0 Å². The van der Waals surface area contributed by atoms with Gasteiger partial charge in [-0.25, -0.2) is 0 Å². The lowest BCUT2D eigenvalue weighted by atomic mass is 9.88. The normalized spacial score (nSPS) is 29.8. The molecule has 27 heavy (non-hydrogen) atoms. The van der Waals surface area contributed by atoms with E-state index >= 15 is 0 Å². The second kappa shape index (κ2) is 6.48. The van der Waals surface area contributed by atoms with Gasteiger partial charge < -0.3 is 16.0 Å². The number of hydrogen-bond acceptors (Lipinski definition) is 3. The minimum atomic E-state index is -0.400. The van der Waals surface area contributed by atoms with E-state index in [0.717, 1.165) is 42.5 Å². The van der Waals surface area contributed by atoms with E-state index in [4.69, 9.17) is 5.73 Å². The van der Waals surface area contributed by atoms with Gasteiger partial charge in [0.1, 0.15) is 6.04 Å². The van der Waals surface area contributed by atoms with Crippen LogP contribution in [0.3, 0.4) is 0 Å². The molecule has 0 bridgehead atoms. The van der Waals surface area contributed by atoms with E-state index in [1.54, 1.807) is 4.90 Å². The minimum absolute atomic E-state index is 0.0390. The van der Waals surface area contributed by atoms with Crippen LogP contribution in [-0.2, 0) is 17.8 Å². The summed E-state index contributed by atoms with van der Waals surface area (Å²) in [5.74, 6) is 0.330. The van der Waals surface area contributed by atoms with E-state index in [9.17, 15) is 9.59 Å². The van der Waals surface area contributed by atoms with E-state index in [1.165, 1.54) is 5.56 Å². The monoisotopic (exact) mass is 367 g/mol. The Morgan fingerprint density at radius 2 is 2.07 bits per heavy atom. The molecule has 3 atom stereocenters. The van der Waals surface area contributed by atoms with Crippen LogP contribution in [0.15, 0.2) is 30.5 Å². The standard InChI is InChI=1S/C22H29N3O2/c1-13-4-7-19(20(26)24-13)25-12-16-9-14(5-6-17(16)21(25)27)8-15-10-22(2,3)11-18(15)23/h5-6,9,15,18-19H,1,4,7-8,10-12,23H2,2-3H3,(H,24,26)/t15-,18-,19?/m1/s1. The molecule has 3 aliphatic rings. The van der Waals surface area contributed by atoms with Gasteiger partial charge in [-0.05, 0) is 60.6 Å². The van der Waals surface area contributed by atoms with E-state index in [2.05, 4.69) is 37.9 Å². The van der Waals surface area contributed by atoms with Crippen molar-refractivity contribution in [1.82, 2.24) is 10.2 Å². The van der Waals surface area contributed by atoms with Gasteiger partial charge >= 0.3 is 0 Å². The summed E-state index contributed by atoms with van der Waals surface area (Å²) < 4.78 is 0. The lowest BCUT2D eigenvalue weighted by molar-refractivity contribution is -0.126. The molecule has 1 unspecified atom stereocenters. The predicted octanol–water partition coefficient (Wildman–Crippen LogP) is 2.74. The number of rotatable bonds is 3. The molecule has 5 nitrogen and oxygen atoms in total. The summed E-state index contributed by atoms with van der Waals surface area (Å²) in [5, 5.41) is 2.78. The molecule has 1 saturated heterocycles. The molecule has 4 rings (SSSR count). The first kappa shape index (κ1) is 18.2. The highest BCUT2D eigenvalue weighted by Crippen LogP contribution is 2.42. The average Bonchev–Trinajstić information content (AvgIpc) is 3.03. The van der Waals surface area contributed by atoms with Crippen molar-refractivity contribution in [3.63, 3.8) is 0 Å². The summed E-state index contributed by atoms with van der Waals surface area (Å²) in [7, 11) is 0. The van der Waals surface area contributed by atoms with Crippen LogP contribution in [0.1, 0.15) is 61.0 Å². The van der Waals surface area contributed by atoms with Crippen molar-refractivity contribution in [1.29, 1.82) is 0 Å². The quantitative estimate of drug-likeness (QED) is 0.862. The average molecular weight is 367 g/mol. The molecule has 0 radical (unpaired) electrons. The van der Waals surface area contributed by atoms with Crippen molar-refractivity contribution in [2.24, 2.45) is 17.1 Å². The lowest BCUT2D eigenvalue weighted by Crippen LogP contribution is -2.49. The van der Waals surface area contributed by atoms with Crippen molar-refractivity contribution in [3.8, 4) is 0 Å². The van der Waals surface area contributed by atoms with Gasteiger partial charge in [0.2, 0.25) is 5.91 Å². The van der Waals surface area contributed by atoms with Gasteiger partial charge in [-0.1, -0.05) is 32.6 Å². The van der Waals surface area contributed by atoms with E-state index in [1.807, 2.05) is 6.07 Å². The van der Waals surface area contributed by atoms with Crippen LogP contribution in [-0.4, -0.2) is 28.8 Å². The van der Waals surface area contributed by atoms with Gasteiger partial charge in [-0.2, -0.15) is 0 Å². The molecule has 2 fully saturated rings. The van der Waals surface area contributed by atoms with Gasteiger partial charge in [0, 0.05) is 23.8 Å². The fourth-order valence-electron chi connectivity index (χ4n) is 5.11. The molecular formula is C22H29N3O2. The number of hydrogen-bond donors (Lipinski definition) is 2. The number of nitrogens with one attached hydrogen (secondary N) is 1. The molecule has 1 aromatic carbocycles. The highest BCUT2D eigenvalue weighted by molar-refractivity contribution is 6.01. The van der Waals surface area contributed by atoms with Crippen LogP contribution >= 0.6 is 0 Å². The molecular weight excluding hydrogens is 338 g/mol. The second-order valence-electron chi connectivity index (χ2n) is 9.27. The Morgan fingerprint density at radius 1 is 1.30 bits per heavy atom. The first-order valence-corrected chi connectivity index (χ1v) is 9.90. The Balaban J connectivity index is 1.50. The smallest absolute Gasteiger partial charge is 0.255 e. The molecule has 3 N–H and O–H groups in total. The van der Waals surface area contributed by atoms with E-state index < -0.39 is 6.04 Å². The first-order chi connectivity index (χ1) is 12.7. The van der Waals surface area contributed by atoms with Crippen LogP contribution in [0.2, 0.25) is 0 Å². The minimum Gasteiger partial charge on any atom is -0.329 e. The fraction of sp³-hybridized carbons (Fsp3) is 0.545. The number of benzene rings is 1. The third-order valence-corrected chi connectivity index (χ3v) is 6.41. The van der Waals surface area contributed by atoms with Crippen molar-refractivity contribution in [2.45, 2.75) is 64.6 Å². The summed E-state index contributed by atoms with van der Waals surface area (Å²) in [6.07, 6.45) is 4.52.